The highest BCUT2D eigenvalue weighted by atomic mass is 15.1. The first kappa shape index (κ1) is 9.71. The van der Waals surface area contributed by atoms with Gasteiger partial charge in [0.15, 0.2) is 0 Å². The minimum atomic E-state index is 1.02. The van der Waals surface area contributed by atoms with E-state index in [2.05, 4.69) is 23.2 Å². The Labute approximate surface area is 90.2 Å². The molecule has 1 aromatic carbocycles. The zero-order chi connectivity index (χ0) is 10.7. The normalized spacial score (nSPS) is 10.0. The number of benzene rings is 1. The number of hydrogen-bond acceptors (Lipinski definition) is 2. The Morgan fingerprint density at radius 2 is 1.67 bits per heavy atom. The van der Waals surface area contributed by atoms with Crippen LogP contribution in [0.15, 0.2) is 48.7 Å². The number of aromatic nitrogens is 1. The van der Waals surface area contributed by atoms with E-state index in [1.165, 1.54) is 0 Å². The molecule has 0 amide bonds. The van der Waals surface area contributed by atoms with Gasteiger partial charge in [-0.25, -0.2) is 0 Å². The van der Waals surface area contributed by atoms with Crippen molar-refractivity contribution in [1.29, 1.82) is 0 Å². The molecule has 0 radical (unpaired) electrons. The monoisotopic (exact) mass is 198 g/mol. The summed E-state index contributed by atoms with van der Waals surface area (Å²) in [4.78, 5) is 6.47. The van der Waals surface area contributed by atoms with Gasteiger partial charge in [0.2, 0.25) is 0 Å². The summed E-state index contributed by atoms with van der Waals surface area (Å²) < 4.78 is 0. The number of anilines is 1. The van der Waals surface area contributed by atoms with E-state index >= 15 is 0 Å². The highest BCUT2D eigenvalue weighted by Gasteiger charge is 1.99. The van der Waals surface area contributed by atoms with Crippen LogP contribution < -0.4 is 4.90 Å². The van der Waals surface area contributed by atoms with Gasteiger partial charge in [0.1, 0.15) is 0 Å². The first-order chi connectivity index (χ1) is 7.27. The van der Waals surface area contributed by atoms with E-state index in [-0.39, 0.29) is 0 Å². The first-order valence-electron chi connectivity index (χ1n) is 4.96. The average molecular weight is 198 g/mol. The molecule has 0 aliphatic heterocycles. The van der Waals surface area contributed by atoms with E-state index in [1.807, 2.05) is 49.5 Å². The maximum atomic E-state index is 4.43. The molecule has 0 fully saturated rings. The van der Waals surface area contributed by atoms with Crippen molar-refractivity contribution in [3.63, 3.8) is 0 Å². The average Bonchev–Trinajstić information content (AvgIpc) is 2.30. The van der Waals surface area contributed by atoms with Crippen LogP contribution in [-0.2, 0) is 0 Å². The fourth-order valence-corrected chi connectivity index (χ4v) is 1.43. The van der Waals surface area contributed by atoms with Crippen molar-refractivity contribution in [2.24, 2.45) is 0 Å². The second-order valence-corrected chi connectivity index (χ2v) is 3.66. The quantitative estimate of drug-likeness (QED) is 0.737. The van der Waals surface area contributed by atoms with E-state index < -0.39 is 0 Å². The van der Waals surface area contributed by atoms with Gasteiger partial charge in [0.05, 0.1) is 17.6 Å². The third kappa shape index (κ3) is 2.15. The lowest BCUT2D eigenvalue weighted by Gasteiger charge is -2.11. The Balaban J connectivity index is 2.32. The number of nitrogens with zero attached hydrogens (tertiary/aromatic N) is 2. The van der Waals surface area contributed by atoms with Gasteiger partial charge in [-0.1, -0.05) is 30.3 Å². The van der Waals surface area contributed by atoms with Crippen molar-refractivity contribution in [3.8, 4) is 11.3 Å². The van der Waals surface area contributed by atoms with Gasteiger partial charge in [-0.05, 0) is 12.1 Å². The summed E-state index contributed by atoms with van der Waals surface area (Å²) in [6.07, 6.45) is 1.89. The van der Waals surface area contributed by atoms with Crippen molar-refractivity contribution in [3.05, 3.63) is 48.7 Å². The van der Waals surface area contributed by atoms with Crippen molar-refractivity contribution >= 4 is 5.69 Å². The third-order valence-corrected chi connectivity index (χ3v) is 2.33. The predicted molar refractivity (Wildman–Crippen MR) is 64.0 cm³/mol. The van der Waals surface area contributed by atoms with Crippen LogP contribution in [0, 0.1) is 0 Å². The minimum Gasteiger partial charge on any atom is -0.376 e. The van der Waals surface area contributed by atoms with Gasteiger partial charge in [0, 0.05) is 19.7 Å². The van der Waals surface area contributed by atoms with Crippen LogP contribution in [0.5, 0.6) is 0 Å². The lowest BCUT2D eigenvalue weighted by Crippen LogP contribution is -2.08. The van der Waals surface area contributed by atoms with Gasteiger partial charge in [-0.3, -0.25) is 4.98 Å². The molecule has 0 bridgehead atoms. The minimum absolute atomic E-state index is 1.02. The standard InChI is InChI=1S/C13H14N2/c1-15(2)12-8-9-13(14-10-12)11-6-4-3-5-7-11/h3-10H,1-2H3. The Morgan fingerprint density at radius 1 is 0.933 bits per heavy atom. The Morgan fingerprint density at radius 3 is 2.20 bits per heavy atom. The van der Waals surface area contributed by atoms with E-state index in [0.717, 1.165) is 16.9 Å². The van der Waals surface area contributed by atoms with Crippen LogP contribution in [-0.4, -0.2) is 19.1 Å². The molecule has 2 heteroatoms. The molecule has 0 aliphatic rings. The highest BCUT2D eigenvalue weighted by Crippen LogP contribution is 2.18. The molecular formula is C13H14N2. The maximum Gasteiger partial charge on any atom is 0.0703 e. The van der Waals surface area contributed by atoms with Crippen LogP contribution in [0.3, 0.4) is 0 Å². The zero-order valence-electron chi connectivity index (χ0n) is 9.01. The van der Waals surface area contributed by atoms with E-state index in [0.29, 0.717) is 0 Å². The molecule has 0 unspecified atom stereocenters. The molecular weight excluding hydrogens is 184 g/mol. The summed E-state index contributed by atoms with van der Waals surface area (Å²) in [6.45, 7) is 0. The SMILES string of the molecule is CN(C)c1ccc(-c2ccccc2)nc1. The smallest absolute Gasteiger partial charge is 0.0703 e. The molecule has 0 saturated heterocycles. The van der Waals surface area contributed by atoms with E-state index in [1.54, 1.807) is 0 Å². The molecule has 15 heavy (non-hydrogen) atoms. The Kier molecular flexibility index (Phi) is 2.68. The molecule has 2 aromatic rings. The molecule has 0 spiro atoms. The Hall–Kier alpha value is -1.83. The molecule has 0 saturated carbocycles. The van der Waals surface area contributed by atoms with Gasteiger partial charge in [0.25, 0.3) is 0 Å². The molecule has 1 aromatic heterocycles. The summed E-state index contributed by atoms with van der Waals surface area (Å²) in [5.41, 5.74) is 3.29. The molecule has 0 atom stereocenters. The summed E-state index contributed by atoms with van der Waals surface area (Å²) in [7, 11) is 4.03. The van der Waals surface area contributed by atoms with Gasteiger partial charge in [-0.15, -0.1) is 0 Å². The van der Waals surface area contributed by atoms with E-state index in [9.17, 15) is 0 Å². The maximum absolute atomic E-state index is 4.43. The molecule has 76 valence electrons. The fraction of sp³-hybridized carbons (Fsp3) is 0.154. The first-order valence-corrected chi connectivity index (χ1v) is 4.96. The molecule has 0 N–H and O–H groups in total. The van der Waals surface area contributed by atoms with Crippen LogP contribution >= 0.6 is 0 Å². The lowest BCUT2D eigenvalue weighted by molar-refractivity contribution is 1.11. The fourth-order valence-electron chi connectivity index (χ4n) is 1.43. The summed E-state index contributed by atoms with van der Waals surface area (Å²) in [5, 5.41) is 0. The summed E-state index contributed by atoms with van der Waals surface area (Å²) >= 11 is 0. The summed E-state index contributed by atoms with van der Waals surface area (Å²) in [6, 6.07) is 14.3. The number of rotatable bonds is 2. The second kappa shape index (κ2) is 4.13. The van der Waals surface area contributed by atoms with Gasteiger partial charge in [-0.2, -0.15) is 0 Å². The Bertz CT molecular complexity index is 418. The molecule has 0 aliphatic carbocycles. The third-order valence-electron chi connectivity index (χ3n) is 2.33. The molecule has 2 nitrogen and oxygen atoms in total. The molecule has 2 rings (SSSR count). The van der Waals surface area contributed by atoms with Crippen LogP contribution in [0.4, 0.5) is 5.69 Å². The van der Waals surface area contributed by atoms with Crippen LogP contribution in [0.25, 0.3) is 11.3 Å². The zero-order valence-corrected chi connectivity index (χ0v) is 9.01. The molecule has 1 heterocycles. The van der Waals surface area contributed by atoms with Crippen molar-refractivity contribution in [2.45, 2.75) is 0 Å². The topological polar surface area (TPSA) is 16.1 Å². The van der Waals surface area contributed by atoms with Crippen LogP contribution in [0.1, 0.15) is 0 Å². The van der Waals surface area contributed by atoms with Crippen molar-refractivity contribution in [2.75, 3.05) is 19.0 Å². The van der Waals surface area contributed by atoms with Crippen LogP contribution in [0.2, 0.25) is 0 Å². The van der Waals surface area contributed by atoms with Gasteiger partial charge >= 0.3 is 0 Å². The number of hydrogen-bond donors (Lipinski definition) is 0. The second-order valence-electron chi connectivity index (χ2n) is 3.66. The van der Waals surface area contributed by atoms with Gasteiger partial charge < -0.3 is 4.90 Å². The lowest BCUT2D eigenvalue weighted by atomic mass is 10.1. The van der Waals surface area contributed by atoms with Crippen molar-refractivity contribution in [1.82, 2.24) is 4.98 Å². The van der Waals surface area contributed by atoms with Crippen molar-refractivity contribution < 1.29 is 0 Å². The van der Waals surface area contributed by atoms with E-state index in [4.69, 9.17) is 0 Å². The summed E-state index contributed by atoms with van der Waals surface area (Å²) in [5.74, 6) is 0. The predicted octanol–water partition coefficient (Wildman–Crippen LogP) is 2.81. The highest BCUT2D eigenvalue weighted by molar-refractivity contribution is 5.60. The largest absolute Gasteiger partial charge is 0.376 e. The number of pyridine rings is 1.